The van der Waals surface area contributed by atoms with Crippen molar-refractivity contribution in [2.75, 3.05) is 10.8 Å². The van der Waals surface area contributed by atoms with Crippen LogP contribution in [-0.4, -0.2) is 20.7 Å². The van der Waals surface area contributed by atoms with E-state index in [0.29, 0.717) is 18.5 Å². The zero-order valence-corrected chi connectivity index (χ0v) is 13.1. The van der Waals surface area contributed by atoms with Crippen LogP contribution in [0.2, 0.25) is 0 Å². The first-order valence-corrected chi connectivity index (χ1v) is 8.61. The molecule has 1 heterocycles. The number of nitrogens with zero attached hydrogens (tertiary/aromatic N) is 1. The van der Waals surface area contributed by atoms with Gasteiger partial charge < -0.3 is 0 Å². The number of carbonyl (C=O) groups is 1. The monoisotopic (exact) mass is 315 g/mol. The molecule has 0 saturated heterocycles. The molecule has 0 saturated carbocycles. The summed E-state index contributed by atoms with van der Waals surface area (Å²) in [4.78, 5) is 12.2. The highest BCUT2D eigenvalue weighted by Crippen LogP contribution is 2.30. The molecule has 0 bridgehead atoms. The molecule has 0 fully saturated rings. The van der Waals surface area contributed by atoms with Gasteiger partial charge in [0.15, 0.2) is 5.78 Å². The summed E-state index contributed by atoms with van der Waals surface area (Å²) in [5.74, 6) is -0.0631. The van der Waals surface area contributed by atoms with Gasteiger partial charge in [-0.05, 0) is 37.1 Å². The first kappa shape index (κ1) is 14.8. The number of hydrogen-bond donors (Lipinski definition) is 0. The normalized spacial score (nSPS) is 15.3. The summed E-state index contributed by atoms with van der Waals surface area (Å²) in [6.07, 6.45) is 0.950. The van der Waals surface area contributed by atoms with Gasteiger partial charge in [0, 0.05) is 6.42 Å². The van der Waals surface area contributed by atoms with Crippen LogP contribution in [0, 0.1) is 6.92 Å². The third-order valence-electron chi connectivity index (χ3n) is 3.86. The largest absolute Gasteiger partial charge is 0.298 e. The predicted molar refractivity (Wildman–Crippen MR) is 85.5 cm³/mol. The Bertz CT molecular complexity index is 810. The number of ketones is 1. The van der Waals surface area contributed by atoms with Crippen LogP contribution in [-0.2, 0) is 21.2 Å². The maximum absolute atomic E-state index is 12.9. The molecule has 1 aliphatic heterocycles. The molecule has 0 spiro atoms. The van der Waals surface area contributed by atoms with Crippen LogP contribution in [0.25, 0.3) is 0 Å². The molecular weight excluding hydrogens is 298 g/mol. The molecule has 5 heteroatoms. The Labute approximate surface area is 130 Å². The van der Waals surface area contributed by atoms with Crippen LogP contribution in [0.15, 0.2) is 53.4 Å². The molecule has 2 aromatic carbocycles. The average Bonchev–Trinajstić information content (AvgIpc) is 2.68. The third kappa shape index (κ3) is 2.64. The van der Waals surface area contributed by atoms with Gasteiger partial charge in [-0.25, -0.2) is 8.42 Å². The number of sulfonamides is 1. The number of benzene rings is 2. The Morgan fingerprint density at radius 1 is 0.955 bits per heavy atom. The van der Waals surface area contributed by atoms with Crippen LogP contribution in [0.1, 0.15) is 17.5 Å². The highest BCUT2D eigenvalue weighted by Gasteiger charge is 2.30. The van der Waals surface area contributed by atoms with Gasteiger partial charge in [0.2, 0.25) is 0 Å². The van der Waals surface area contributed by atoms with Gasteiger partial charge in [-0.3, -0.25) is 9.10 Å². The number of fused-ring (bicyclic) bond motifs is 1. The van der Waals surface area contributed by atoms with Crippen molar-refractivity contribution < 1.29 is 13.2 Å². The lowest BCUT2D eigenvalue weighted by Gasteiger charge is -2.24. The fraction of sp³-hybridized carbons (Fsp3) is 0.235. The molecule has 0 N–H and O–H groups in total. The number of para-hydroxylation sites is 1. The Morgan fingerprint density at radius 3 is 2.36 bits per heavy atom. The molecule has 0 radical (unpaired) electrons. The fourth-order valence-corrected chi connectivity index (χ4v) is 4.10. The topological polar surface area (TPSA) is 54.5 Å². The van der Waals surface area contributed by atoms with Gasteiger partial charge in [0.1, 0.15) is 0 Å². The van der Waals surface area contributed by atoms with Crippen molar-refractivity contribution in [3.8, 4) is 0 Å². The van der Waals surface area contributed by atoms with Crippen LogP contribution < -0.4 is 4.31 Å². The third-order valence-corrected chi connectivity index (χ3v) is 5.64. The smallest absolute Gasteiger partial charge is 0.264 e. The molecule has 0 aliphatic carbocycles. The average molecular weight is 315 g/mol. The first-order valence-electron chi connectivity index (χ1n) is 7.17. The summed E-state index contributed by atoms with van der Waals surface area (Å²) in [6, 6.07) is 14.0. The SMILES string of the molecule is Cc1ccc(S(=O)(=O)N2CC(=O)CCc3ccccc32)cc1. The van der Waals surface area contributed by atoms with Crippen molar-refractivity contribution in [2.24, 2.45) is 0 Å². The first-order chi connectivity index (χ1) is 10.5. The zero-order chi connectivity index (χ0) is 15.7. The van der Waals surface area contributed by atoms with E-state index < -0.39 is 10.0 Å². The molecule has 0 atom stereocenters. The lowest BCUT2D eigenvalue weighted by molar-refractivity contribution is -0.117. The van der Waals surface area contributed by atoms with Gasteiger partial charge in [0.25, 0.3) is 10.0 Å². The fourth-order valence-electron chi connectivity index (χ4n) is 2.62. The summed E-state index contributed by atoms with van der Waals surface area (Å²) in [6.45, 7) is 1.80. The number of Topliss-reactive ketones (excluding diaryl/α,β-unsaturated/α-hetero) is 1. The van der Waals surface area contributed by atoms with Crippen molar-refractivity contribution in [2.45, 2.75) is 24.7 Å². The molecule has 0 unspecified atom stereocenters. The molecule has 1 aliphatic rings. The second-order valence-corrected chi connectivity index (χ2v) is 7.35. The van der Waals surface area contributed by atoms with Crippen LogP contribution >= 0.6 is 0 Å². The summed E-state index contributed by atoms with van der Waals surface area (Å²) < 4.78 is 27.1. The van der Waals surface area contributed by atoms with E-state index in [-0.39, 0.29) is 17.2 Å². The molecule has 22 heavy (non-hydrogen) atoms. The van der Waals surface area contributed by atoms with Gasteiger partial charge in [-0.1, -0.05) is 35.9 Å². The van der Waals surface area contributed by atoms with Gasteiger partial charge >= 0.3 is 0 Å². The lowest BCUT2D eigenvalue weighted by Crippen LogP contribution is -2.35. The van der Waals surface area contributed by atoms with E-state index in [2.05, 4.69) is 0 Å². The number of rotatable bonds is 2. The Balaban J connectivity index is 2.12. The van der Waals surface area contributed by atoms with Crippen molar-refractivity contribution in [3.63, 3.8) is 0 Å². The van der Waals surface area contributed by atoms with Crippen molar-refractivity contribution in [1.82, 2.24) is 0 Å². The minimum absolute atomic E-state index is 0.0631. The summed E-state index contributed by atoms with van der Waals surface area (Å²) in [7, 11) is -3.74. The van der Waals surface area contributed by atoms with E-state index in [1.54, 1.807) is 36.4 Å². The number of hydrogen-bond acceptors (Lipinski definition) is 3. The van der Waals surface area contributed by atoms with E-state index in [1.165, 1.54) is 4.31 Å². The molecule has 2 aromatic rings. The van der Waals surface area contributed by atoms with Gasteiger partial charge in [-0.15, -0.1) is 0 Å². The maximum Gasteiger partial charge on any atom is 0.264 e. The minimum atomic E-state index is -3.74. The predicted octanol–water partition coefficient (Wildman–Crippen LogP) is 2.71. The lowest BCUT2D eigenvalue weighted by atomic mass is 10.1. The van der Waals surface area contributed by atoms with Crippen molar-refractivity contribution in [1.29, 1.82) is 0 Å². The number of anilines is 1. The number of carbonyl (C=O) groups excluding carboxylic acids is 1. The molecule has 4 nitrogen and oxygen atoms in total. The molecule has 0 amide bonds. The summed E-state index contributed by atoms with van der Waals surface area (Å²) in [5.41, 5.74) is 2.49. The standard InChI is InChI=1S/C17H17NO3S/c1-13-6-10-16(11-7-13)22(20,21)18-12-15(19)9-8-14-4-2-3-5-17(14)18/h2-7,10-11H,8-9,12H2,1H3. The maximum atomic E-state index is 12.9. The zero-order valence-electron chi connectivity index (χ0n) is 12.3. The Morgan fingerprint density at radius 2 is 1.64 bits per heavy atom. The van der Waals surface area contributed by atoms with Crippen LogP contribution in [0.5, 0.6) is 0 Å². The molecule has 114 valence electrons. The van der Waals surface area contributed by atoms with E-state index >= 15 is 0 Å². The summed E-state index contributed by atoms with van der Waals surface area (Å²) in [5, 5.41) is 0. The van der Waals surface area contributed by atoms with E-state index in [0.717, 1.165) is 11.1 Å². The minimum Gasteiger partial charge on any atom is -0.298 e. The molecular formula is C17H17NO3S. The highest BCUT2D eigenvalue weighted by atomic mass is 32.2. The Hall–Kier alpha value is -2.14. The molecule has 3 rings (SSSR count). The van der Waals surface area contributed by atoms with Gasteiger partial charge in [0.05, 0.1) is 17.1 Å². The Kier molecular flexibility index (Phi) is 3.74. The van der Waals surface area contributed by atoms with E-state index in [1.807, 2.05) is 19.1 Å². The summed E-state index contributed by atoms with van der Waals surface area (Å²) >= 11 is 0. The van der Waals surface area contributed by atoms with E-state index in [4.69, 9.17) is 0 Å². The molecule has 0 aromatic heterocycles. The van der Waals surface area contributed by atoms with Crippen molar-refractivity contribution in [3.05, 3.63) is 59.7 Å². The second kappa shape index (κ2) is 5.57. The van der Waals surface area contributed by atoms with Crippen LogP contribution in [0.3, 0.4) is 0 Å². The highest BCUT2D eigenvalue weighted by molar-refractivity contribution is 7.92. The van der Waals surface area contributed by atoms with Crippen LogP contribution in [0.4, 0.5) is 5.69 Å². The second-order valence-electron chi connectivity index (χ2n) is 5.49. The van der Waals surface area contributed by atoms with Crippen molar-refractivity contribution >= 4 is 21.5 Å². The van der Waals surface area contributed by atoms with Gasteiger partial charge in [-0.2, -0.15) is 0 Å². The van der Waals surface area contributed by atoms with E-state index in [9.17, 15) is 13.2 Å². The number of aryl methyl sites for hydroxylation is 2. The quantitative estimate of drug-likeness (QED) is 0.856.